The first-order valence-electron chi connectivity index (χ1n) is 5.68. The zero-order chi connectivity index (χ0) is 11.9. The zero-order valence-corrected chi connectivity index (χ0v) is 10.8. The monoisotopic (exact) mass is 216 g/mol. The normalized spacial score (nSPS) is 17.2. The Morgan fingerprint density at radius 1 is 1.19 bits per heavy atom. The molecule has 1 aliphatic heterocycles. The molecule has 0 amide bonds. The van der Waals surface area contributed by atoms with Crippen molar-refractivity contribution in [1.82, 2.24) is 0 Å². The Hall–Kier alpha value is -1.44. The topological polar surface area (TPSA) is 15.3 Å². The quantitative estimate of drug-likeness (QED) is 0.774. The van der Waals surface area contributed by atoms with Crippen molar-refractivity contribution in [3.8, 4) is 0 Å². The number of anilines is 2. The second kappa shape index (κ2) is 3.55. The molecule has 1 aromatic carbocycles. The fraction of sp³-hybridized carbons (Fsp3) is 0.429. The molecule has 1 aliphatic rings. The number of allylic oxidation sites excluding steroid dienone is 1. The summed E-state index contributed by atoms with van der Waals surface area (Å²) in [7, 11) is 4.14. The second-order valence-electron chi connectivity index (χ2n) is 5.30. The Balaban J connectivity index is 2.50. The molecule has 1 N–H and O–H groups in total. The summed E-state index contributed by atoms with van der Waals surface area (Å²) in [6.07, 6.45) is 2.28. The molecule has 0 spiro atoms. The van der Waals surface area contributed by atoms with E-state index in [9.17, 15) is 0 Å². The van der Waals surface area contributed by atoms with E-state index < -0.39 is 0 Å². The van der Waals surface area contributed by atoms with Gasteiger partial charge in [-0.1, -0.05) is 12.1 Å². The van der Waals surface area contributed by atoms with Gasteiger partial charge in [0.1, 0.15) is 0 Å². The van der Waals surface area contributed by atoms with Gasteiger partial charge in [0, 0.05) is 31.0 Å². The molecular formula is C14H20N2. The van der Waals surface area contributed by atoms with Crippen LogP contribution in [0.5, 0.6) is 0 Å². The molecular weight excluding hydrogens is 196 g/mol. The summed E-state index contributed by atoms with van der Waals surface area (Å²) in [5.41, 5.74) is 5.17. The van der Waals surface area contributed by atoms with Crippen LogP contribution >= 0.6 is 0 Å². The molecule has 0 atom stereocenters. The minimum absolute atomic E-state index is 0.0437. The van der Waals surface area contributed by atoms with E-state index in [2.05, 4.69) is 69.4 Å². The predicted octanol–water partition coefficient (Wildman–Crippen LogP) is 3.36. The van der Waals surface area contributed by atoms with Crippen LogP contribution in [0.2, 0.25) is 0 Å². The Morgan fingerprint density at radius 3 is 2.50 bits per heavy atom. The molecule has 0 aromatic heterocycles. The highest BCUT2D eigenvalue weighted by molar-refractivity contribution is 5.82. The molecule has 0 saturated heterocycles. The third kappa shape index (κ3) is 1.92. The SMILES string of the molecule is CC1=CC(C)(C)Nc2cc(N(C)C)ccc21. The summed E-state index contributed by atoms with van der Waals surface area (Å²) >= 11 is 0. The van der Waals surface area contributed by atoms with Crippen LogP contribution in [0.25, 0.3) is 5.57 Å². The van der Waals surface area contributed by atoms with Crippen LogP contribution in [-0.2, 0) is 0 Å². The molecule has 2 heteroatoms. The summed E-state index contributed by atoms with van der Waals surface area (Å²) in [6, 6.07) is 6.57. The second-order valence-corrected chi connectivity index (χ2v) is 5.30. The van der Waals surface area contributed by atoms with Gasteiger partial charge < -0.3 is 10.2 Å². The van der Waals surface area contributed by atoms with Gasteiger partial charge in [-0.3, -0.25) is 0 Å². The number of fused-ring (bicyclic) bond motifs is 1. The van der Waals surface area contributed by atoms with Crippen LogP contribution in [-0.4, -0.2) is 19.6 Å². The molecule has 0 fully saturated rings. The summed E-state index contributed by atoms with van der Waals surface area (Å²) in [5, 5.41) is 3.56. The van der Waals surface area contributed by atoms with Gasteiger partial charge in [-0.2, -0.15) is 0 Å². The summed E-state index contributed by atoms with van der Waals surface area (Å²) < 4.78 is 0. The van der Waals surface area contributed by atoms with Gasteiger partial charge in [0.2, 0.25) is 0 Å². The Bertz CT molecular complexity index is 442. The molecule has 16 heavy (non-hydrogen) atoms. The maximum atomic E-state index is 3.56. The first-order chi connectivity index (χ1) is 7.39. The van der Waals surface area contributed by atoms with Crippen molar-refractivity contribution in [2.24, 2.45) is 0 Å². The third-order valence-corrected chi connectivity index (χ3v) is 2.98. The van der Waals surface area contributed by atoms with Crippen LogP contribution in [0.15, 0.2) is 24.3 Å². The number of rotatable bonds is 1. The largest absolute Gasteiger partial charge is 0.378 e. The van der Waals surface area contributed by atoms with Crippen molar-refractivity contribution in [2.75, 3.05) is 24.3 Å². The van der Waals surface area contributed by atoms with Gasteiger partial charge in [-0.25, -0.2) is 0 Å². The minimum Gasteiger partial charge on any atom is -0.378 e. The van der Waals surface area contributed by atoms with E-state index in [1.807, 2.05) is 0 Å². The smallest absolute Gasteiger partial charge is 0.0505 e. The predicted molar refractivity (Wildman–Crippen MR) is 72.1 cm³/mol. The molecule has 0 aliphatic carbocycles. The van der Waals surface area contributed by atoms with E-state index >= 15 is 0 Å². The maximum Gasteiger partial charge on any atom is 0.0505 e. The Labute approximate surface area is 98.0 Å². The van der Waals surface area contributed by atoms with Crippen molar-refractivity contribution in [3.63, 3.8) is 0 Å². The molecule has 2 nitrogen and oxygen atoms in total. The molecule has 1 aromatic rings. The van der Waals surface area contributed by atoms with Crippen molar-refractivity contribution in [2.45, 2.75) is 26.3 Å². The lowest BCUT2D eigenvalue weighted by atomic mass is 9.91. The lowest BCUT2D eigenvalue weighted by molar-refractivity contribution is 0.707. The molecule has 2 rings (SSSR count). The number of hydrogen-bond donors (Lipinski definition) is 1. The van der Waals surface area contributed by atoms with E-state index in [1.54, 1.807) is 0 Å². The lowest BCUT2D eigenvalue weighted by Gasteiger charge is -2.32. The Kier molecular flexibility index (Phi) is 2.45. The Morgan fingerprint density at radius 2 is 1.88 bits per heavy atom. The van der Waals surface area contributed by atoms with Crippen molar-refractivity contribution in [3.05, 3.63) is 29.8 Å². The molecule has 0 radical (unpaired) electrons. The third-order valence-electron chi connectivity index (χ3n) is 2.98. The van der Waals surface area contributed by atoms with Gasteiger partial charge in [-0.15, -0.1) is 0 Å². The van der Waals surface area contributed by atoms with Gasteiger partial charge in [-0.05, 0) is 38.5 Å². The lowest BCUT2D eigenvalue weighted by Crippen LogP contribution is -2.31. The molecule has 86 valence electrons. The summed E-state index contributed by atoms with van der Waals surface area (Å²) in [4.78, 5) is 2.13. The average molecular weight is 216 g/mol. The van der Waals surface area contributed by atoms with Crippen molar-refractivity contribution >= 4 is 16.9 Å². The standard InChI is InChI=1S/C14H20N2/c1-10-9-14(2,3)15-13-8-11(16(4)5)6-7-12(10)13/h6-9,15H,1-5H3. The first-order valence-corrected chi connectivity index (χ1v) is 5.68. The van der Waals surface area contributed by atoms with Gasteiger partial charge >= 0.3 is 0 Å². The number of hydrogen-bond acceptors (Lipinski definition) is 2. The highest BCUT2D eigenvalue weighted by Gasteiger charge is 2.22. The molecule has 0 bridgehead atoms. The van der Waals surface area contributed by atoms with Crippen LogP contribution in [0, 0.1) is 0 Å². The highest BCUT2D eigenvalue weighted by atomic mass is 15.1. The molecule has 1 heterocycles. The van der Waals surface area contributed by atoms with Crippen LogP contribution in [0.3, 0.4) is 0 Å². The van der Waals surface area contributed by atoms with Gasteiger partial charge in [0.25, 0.3) is 0 Å². The van der Waals surface area contributed by atoms with Crippen LogP contribution < -0.4 is 10.2 Å². The fourth-order valence-electron chi connectivity index (χ4n) is 2.26. The van der Waals surface area contributed by atoms with Crippen LogP contribution in [0.4, 0.5) is 11.4 Å². The van der Waals surface area contributed by atoms with Crippen LogP contribution in [0.1, 0.15) is 26.3 Å². The van der Waals surface area contributed by atoms with Crippen molar-refractivity contribution in [1.29, 1.82) is 0 Å². The number of benzene rings is 1. The van der Waals surface area contributed by atoms with Gasteiger partial charge in [0.15, 0.2) is 0 Å². The molecule has 0 saturated carbocycles. The number of nitrogens with one attached hydrogen (secondary N) is 1. The van der Waals surface area contributed by atoms with E-state index in [4.69, 9.17) is 0 Å². The fourth-order valence-corrected chi connectivity index (χ4v) is 2.26. The van der Waals surface area contributed by atoms with E-state index in [0.29, 0.717) is 0 Å². The summed E-state index contributed by atoms with van der Waals surface area (Å²) in [6.45, 7) is 6.57. The minimum atomic E-state index is 0.0437. The first kappa shape index (κ1) is 11.1. The number of nitrogens with zero attached hydrogens (tertiary/aromatic N) is 1. The van der Waals surface area contributed by atoms with Crippen molar-refractivity contribution < 1.29 is 0 Å². The zero-order valence-electron chi connectivity index (χ0n) is 10.8. The average Bonchev–Trinajstić information content (AvgIpc) is 2.14. The van der Waals surface area contributed by atoms with E-state index in [0.717, 1.165) is 0 Å². The van der Waals surface area contributed by atoms with E-state index in [-0.39, 0.29) is 5.54 Å². The highest BCUT2D eigenvalue weighted by Crippen LogP contribution is 2.35. The van der Waals surface area contributed by atoms with E-state index in [1.165, 1.54) is 22.5 Å². The molecule has 0 unspecified atom stereocenters. The van der Waals surface area contributed by atoms with Gasteiger partial charge in [0.05, 0.1) is 5.54 Å². The maximum absolute atomic E-state index is 3.56. The summed E-state index contributed by atoms with van der Waals surface area (Å²) in [5.74, 6) is 0.